The number of aromatic nitrogens is 4. The van der Waals surface area contributed by atoms with Crippen molar-refractivity contribution in [3.8, 4) is 22.5 Å². The summed E-state index contributed by atoms with van der Waals surface area (Å²) in [5, 5.41) is 19.3. The third-order valence-electron chi connectivity index (χ3n) is 5.38. The van der Waals surface area contributed by atoms with Crippen LogP contribution in [0.5, 0.6) is 0 Å². The lowest BCUT2D eigenvalue weighted by Gasteiger charge is -2.36. The lowest BCUT2D eigenvalue weighted by atomic mass is 9.98. The number of hydrogen-bond donors (Lipinski definition) is 2. The lowest BCUT2D eigenvalue weighted by molar-refractivity contribution is 0.0240. The fourth-order valence-electron chi connectivity index (χ4n) is 3.83. The summed E-state index contributed by atoms with van der Waals surface area (Å²) in [5.41, 5.74) is 2.16. The summed E-state index contributed by atoms with van der Waals surface area (Å²) in [6.07, 6.45) is -0.300. The molecule has 12 heteroatoms. The van der Waals surface area contributed by atoms with E-state index in [0.717, 1.165) is 11.3 Å². The molecule has 0 spiro atoms. The van der Waals surface area contributed by atoms with Gasteiger partial charge in [-0.1, -0.05) is 24.3 Å². The third kappa shape index (κ3) is 5.18. The van der Waals surface area contributed by atoms with Crippen molar-refractivity contribution >= 4 is 21.8 Å². The SMILES string of the molecule is CC(C)(C)OC(=O)N1CCN(c2ccc(-c3cccc(S(N)(=O)=O)c3-c3nn[nH]n3)cc2)CC1. The van der Waals surface area contributed by atoms with E-state index in [1.165, 1.54) is 6.07 Å². The first-order valence-corrected chi connectivity index (χ1v) is 12.3. The highest BCUT2D eigenvalue weighted by molar-refractivity contribution is 7.89. The average molecular weight is 486 g/mol. The van der Waals surface area contributed by atoms with E-state index in [1.807, 2.05) is 45.0 Å². The summed E-state index contributed by atoms with van der Waals surface area (Å²) in [6.45, 7) is 8.04. The maximum Gasteiger partial charge on any atom is 0.410 e. The van der Waals surface area contributed by atoms with Gasteiger partial charge in [-0.05, 0) is 55.3 Å². The molecular formula is C22H27N7O4S. The Kier molecular flexibility index (Phi) is 6.28. The molecule has 1 amide bonds. The first-order valence-electron chi connectivity index (χ1n) is 10.8. The molecule has 3 N–H and O–H groups in total. The summed E-state index contributed by atoms with van der Waals surface area (Å²) in [6, 6.07) is 12.6. The van der Waals surface area contributed by atoms with Crippen LogP contribution in [0.25, 0.3) is 22.5 Å². The van der Waals surface area contributed by atoms with E-state index < -0.39 is 15.6 Å². The van der Waals surface area contributed by atoms with Crippen LogP contribution in [-0.2, 0) is 14.8 Å². The molecule has 0 unspecified atom stereocenters. The number of carbonyl (C=O) groups excluding carboxylic acids is 1. The van der Waals surface area contributed by atoms with Crippen molar-refractivity contribution in [1.29, 1.82) is 0 Å². The van der Waals surface area contributed by atoms with Gasteiger partial charge in [0.2, 0.25) is 15.8 Å². The Morgan fingerprint density at radius 2 is 1.74 bits per heavy atom. The van der Waals surface area contributed by atoms with E-state index in [9.17, 15) is 13.2 Å². The first-order chi connectivity index (χ1) is 16.0. The van der Waals surface area contributed by atoms with Gasteiger partial charge in [-0.15, -0.1) is 10.2 Å². The number of carbonyl (C=O) groups is 1. The maximum absolute atomic E-state index is 12.3. The van der Waals surface area contributed by atoms with Crippen LogP contribution in [-0.4, -0.2) is 71.8 Å². The maximum atomic E-state index is 12.3. The van der Waals surface area contributed by atoms with Gasteiger partial charge >= 0.3 is 6.09 Å². The number of primary sulfonamides is 1. The minimum absolute atomic E-state index is 0.0752. The third-order valence-corrected chi connectivity index (χ3v) is 6.33. The van der Waals surface area contributed by atoms with Crippen molar-refractivity contribution in [2.24, 2.45) is 5.14 Å². The molecule has 2 aromatic carbocycles. The van der Waals surface area contributed by atoms with Gasteiger partial charge < -0.3 is 14.5 Å². The number of anilines is 1. The largest absolute Gasteiger partial charge is 0.444 e. The van der Waals surface area contributed by atoms with Gasteiger partial charge in [0.1, 0.15) is 5.60 Å². The number of nitrogens with zero attached hydrogens (tertiary/aromatic N) is 5. The highest BCUT2D eigenvalue weighted by atomic mass is 32.2. The van der Waals surface area contributed by atoms with Gasteiger partial charge in [0.15, 0.2) is 0 Å². The summed E-state index contributed by atoms with van der Waals surface area (Å²) in [5.74, 6) is 0.141. The molecule has 1 aliphatic rings. The fraction of sp³-hybridized carbons (Fsp3) is 0.364. The number of hydrogen-bond acceptors (Lipinski definition) is 8. The second kappa shape index (κ2) is 9.03. The van der Waals surface area contributed by atoms with Gasteiger partial charge in [0, 0.05) is 31.9 Å². The smallest absolute Gasteiger partial charge is 0.410 e. The van der Waals surface area contributed by atoms with E-state index in [0.29, 0.717) is 31.7 Å². The van der Waals surface area contributed by atoms with Crippen molar-refractivity contribution < 1.29 is 17.9 Å². The van der Waals surface area contributed by atoms with Crippen LogP contribution in [0.3, 0.4) is 0 Å². The van der Waals surface area contributed by atoms with E-state index in [4.69, 9.17) is 9.88 Å². The van der Waals surface area contributed by atoms with Gasteiger partial charge in [0.05, 0.1) is 10.5 Å². The molecule has 34 heavy (non-hydrogen) atoms. The Morgan fingerprint density at radius 1 is 1.06 bits per heavy atom. The lowest BCUT2D eigenvalue weighted by Crippen LogP contribution is -2.50. The number of aromatic amines is 1. The van der Waals surface area contributed by atoms with Crippen molar-refractivity contribution in [1.82, 2.24) is 25.5 Å². The quantitative estimate of drug-likeness (QED) is 0.572. The van der Waals surface area contributed by atoms with Crippen LogP contribution in [0.15, 0.2) is 47.4 Å². The fourth-order valence-corrected chi connectivity index (χ4v) is 4.59. The number of nitrogens with two attached hydrogens (primary N) is 1. The Morgan fingerprint density at radius 3 is 2.29 bits per heavy atom. The zero-order valence-electron chi connectivity index (χ0n) is 19.2. The van der Waals surface area contributed by atoms with E-state index in [-0.39, 0.29) is 22.4 Å². The number of amides is 1. The van der Waals surface area contributed by atoms with Crippen LogP contribution < -0.4 is 10.0 Å². The first kappa shape index (κ1) is 23.6. The number of H-pyrrole nitrogens is 1. The second-order valence-corrected chi connectivity index (χ2v) is 10.5. The molecule has 2 heterocycles. The zero-order valence-corrected chi connectivity index (χ0v) is 20.0. The monoisotopic (exact) mass is 485 g/mol. The van der Waals surface area contributed by atoms with Crippen molar-refractivity contribution in [3.05, 3.63) is 42.5 Å². The van der Waals surface area contributed by atoms with Gasteiger partial charge in [-0.2, -0.15) is 5.21 Å². The molecule has 0 atom stereocenters. The van der Waals surface area contributed by atoms with Crippen LogP contribution in [0.2, 0.25) is 0 Å². The summed E-state index contributed by atoms with van der Waals surface area (Å²) >= 11 is 0. The molecule has 4 rings (SSSR count). The van der Waals surface area contributed by atoms with Gasteiger partial charge in [-0.25, -0.2) is 18.4 Å². The summed E-state index contributed by atoms with van der Waals surface area (Å²) in [4.78, 5) is 16.1. The zero-order chi connectivity index (χ0) is 24.5. The standard InChI is InChI=1S/C22H27N7O4S/c1-22(2,3)33-21(30)29-13-11-28(12-14-29)16-9-7-15(8-10-16)17-5-4-6-18(34(23,31)32)19(17)20-24-26-27-25-20/h4-10H,11-14H2,1-3H3,(H2,23,31,32)(H,24,25,26,27). The Balaban J connectivity index is 1.55. The average Bonchev–Trinajstić information content (AvgIpc) is 3.32. The molecule has 180 valence electrons. The number of piperazine rings is 1. The predicted octanol–water partition coefficient (Wildman–Crippen LogP) is 2.24. The highest BCUT2D eigenvalue weighted by Gasteiger charge is 2.26. The second-order valence-electron chi connectivity index (χ2n) is 8.96. The summed E-state index contributed by atoms with van der Waals surface area (Å²) in [7, 11) is -4.01. The van der Waals surface area contributed by atoms with Crippen LogP contribution in [0.1, 0.15) is 20.8 Å². The summed E-state index contributed by atoms with van der Waals surface area (Å²) < 4.78 is 29.8. The predicted molar refractivity (Wildman–Crippen MR) is 126 cm³/mol. The number of nitrogens with one attached hydrogen (secondary N) is 1. The van der Waals surface area contributed by atoms with Gasteiger partial charge in [0.25, 0.3) is 0 Å². The molecule has 11 nitrogen and oxygen atoms in total. The Hall–Kier alpha value is -3.51. The van der Waals surface area contributed by atoms with E-state index in [2.05, 4.69) is 25.5 Å². The Bertz CT molecular complexity index is 1260. The molecule has 0 aliphatic carbocycles. The number of rotatable bonds is 4. The minimum Gasteiger partial charge on any atom is -0.444 e. The molecule has 1 saturated heterocycles. The highest BCUT2D eigenvalue weighted by Crippen LogP contribution is 2.35. The molecule has 1 aliphatic heterocycles. The van der Waals surface area contributed by atoms with Crippen LogP contribution >= 0.6 is 0 Å². The molecule has 3 aromatic rings. The number of ether oxygens (including phenoxy) is 1. The van der Waals surface area contributed by atoms with Gasteiger partial charge in [-0.3, -0.25) is 0 Å². The normalized spacial score (nSPS) is 14.8. The number of sulfonamides is 1. The van der Waals surface area contributed by atoms with Crippen molar-refractivity contribution in [2.45, 2.75) is 31.3 Å². The molecule has 1 fully saturated rings. The minimum atomic E-state index is -4.01. The topological polar surface area (TPSA) is 147 Å². The number of tetrazole rings is 1. The molecule has 1 aromatic heterocycles. The molecular weight excluding hydrogens is 458 g/mol. The van der Waals surface area contributed by atoms with Crippen molar-refractivity contribution in [2.75, 3.05) is 31.1 Å². The Labute approximate surface area is 197 Å². The molecule has 0 saturated carbocycles. The van der Waals surface area contributed by atoms with E-state index in [1.54, 1.807) is 17.0 Å². The molecule has 0 bridgehead atoms. The molecule has 0 radical (unpaired) electrons. The van der Waals surface area contributed by atoms with Crippen LogP contribution in [0, 0.1) is 0 Å². The number of benzene rings is 2. The van der Waals surface area contributed by atoms with Crippen LogP contribution in [0.4, 0.5) is 10.5 Å². The van der Waals surface area contributed by atoms with E-state index >= 15 is 0 Å². The van der Waals surface area contributed by atoms with Crippen molar-refractivity contribution in [3.63, 3.8) is 0 Å².